The summed E-state index contributed by atoms with van der Waals surface area (Å²) in [6.07, 6.45) is 0.348. The molecule has 1 aromatic heterocycles. The van der Waals surface area contributed by atoms with Gasteiger partial charge in [-0.3, -0.25) is 19.3 Å². The number of aromatic amines is 1. The molecule has 30 heavy (non-hydrogen) atoms. The molecule has 1 amide bonds. The second-order valence-electron chi connectivity index (χ2n) is 7.94. The first-order valence-corrected chi connectivity index (χ1v) is 10.6. The molecule has 0 saturated carbocycles. The van der Waals surface area contributed by atoms with Gasteiger partial charge in [-0.1, -0.05) is 23.7 Å². The highest BCUT2D eigenvalue weighted by Gasteiger charge is 2.30. The van der Waals surface area contributed by atoms with E-state index in [1.54, 1.807) is 12.1 Å². The van der Waals surface area contributed by atoms with Gasteiger partial charge in [-0.25, -0.2) is 0 Å². The summed E-state index contributed by atoms with van der Waals surface area (Å²) >= 11 is 5.90. The van der Waals surface area contributed by atoms with Crippen molar-refractivity contribution in [3.8, 4) is 0 Å². The lowest BCUT2D eigenvalue weighted by molar-refractivity contribution is -0.132. The summed E-state index contributed by atoms with van der Waals surface area (Å²) in [5, 5.41) is 0.654. The van der Waals surface area contributed by atoms with E-state index in [-0.39, 0.29) is 23.5 Å². The Kier molecular flexibility index (Phi) is 6.78. The number of carbonyl (C=O) groups is 3. The normalized spacial score (nSPS) is 15.8. The number of H-pyrrole nitrogens is 1. The summed E-state index contributed by atoms with van der Waals surface area (Å²) in [6, 6.07) is 6.99. The number of hydrogen-bond acceptors (Lipinski definition) is 4. The Morgan fingerprint density at radius 2 is 1.67 bits per heavy atom. The SMILES string of the molecule is CC(=O)c1c(C)[nH]c(C(=O)C(C)N2CCN(C(=O)Cc3ccc(Cl)cc3)CC2)c1C. The van der Waals surface area contributed by atoms with Gasteiger partial charge >= 0.3 is 0 Å². The number of aryl methyl sites for hydroxylation is 1. The van der Waals surface area contributed by atoms with Gasteiger partial charge in [-0.05, 0) is 51.0 Å². The van der Waals surface area contributed by atoms with Gasteiger partial charge in [0.25, 0.3) is 0 Å². The fourth-order valence-electron chi connectivity index (χ4n) is 4.15. The van der Waals surface area contributed by atoms with Crippen LogP contribution in [0.3, 0.4) is 0 Å². The molecule has 1 fully saturated rings. The van der Waals surface area contributed by atoms with Crippen LogP contribution >= 0.6 is 11.6 Å². The van der Waals surface area contributed by atoms with Crippen LogP contribution in [0, 0.1) is 13.8 Å². The van der Waals surface area contributed by atoms with E-state index in [4.69, 9.17) is 11.6 Å². The van der Waals surface area contributed by atoms with Crippen LogP contribution in [0.4, 0.5) is 0 Å². The second-order valence-corrected chi connectivity index (χ2v) is 8.38. The second kappa shape index (κ2) is 9.14. The summed E-state index contributed by atoms with van der Waals surface area (Å²) in [6.45, 7) is 9.48. The highest BCUT2D eigenvalue weighted by Crippen LogP contribution is 2.21. The van der Waals surface area contributed by atoms with Crippen molar-refractivity contribution in [3.05, 3.63) is 57.4 Å². The van der Waals surface area contributed by atoms with Crippen LogP contribution in [0.25, 0.3) is 0 Å². The Hall–Kier alpha value is -2.44. The first kappa shape index (κ1) is 22.2. The first-order valence-electron chi connectivity index (χ1n) is 10.2. The standard InChI is InChI=1S/C23H28ClN3O3/c1-14-21(17(4)28)15(2)25-22(14)23(30)16(3)26-9-11-27(12-10-26)20(29)13-18-5-7-19(24)8-6-18/h5-8,16,25H,9-13H2,1-4H3. The molecule has 0 aliphatic carbocycles. The van der Waals surface area contributed by atoms with Crippen LogP contribution in [0.15, 0.2) is 24.3 Å². The molecule has 1 atom stereocenters. The number of Topliss-reactive ketones (excluding diaryl/α,β-unsaturated/α-hetero) is 2. The topological polar surface area (TPSA) is 73.5 Å². The average Bonchev–Trinajstić information content (AvgIpc) is 3.02. The van der Waals surface area contributed by atoms with E-state index in [2.05, 4.69) is 9.88 Å². The van der Waals surface area contributed by atoms with Crippen molar-refractivity contribution in [2.75, 3.05) is 26.2 Å². The van der Waals surface area contributed by atoms with Crippen molar-refractivity contribution in [3.63, 3.8) is 0 Å². The van der Waals surface area contributed by atoms with E-state index in [1.165, 1.54) is 6.92 Å². The number of rotatable bonds is 6. The van der Waals surface area contributed by atoms with E-state index in [1.807, 2.05) is 37.8 Å². The summed E-state index contributed by atoms with van der Waals surface area (Å²) in [7, 11) is 0. The van der Waals surface area contributed by atoms with Crippen LogP contribution in [0.2, 0.25) is 5.02 Å². The van der Waals surface area contributed by atoms with Gasteiger partial charge in [0, 0.05) is 42.5 Å². The summed E-state index contributed by atoms with van der Waals surface area (Å²) < 4.78 is 0. The molecule has 0 radical (unpaired) electrons. The zero-order valence-electron chi connectivity index (χ0n) is 17.9. The molecule has 2 heterocycles. The van der Waals surface area contributed by atoms with Crippen molar-refractivity contribution in [2.45, 2.75) is 40.2 Å². The van der Waals surface area contributed by atoms with Crippen LogP contribution in [0.5, 0.6) is 0 Å². The van der Waals surface area contributed by atoms with Gasteiger partial charge in [-0.15, -0.1) is 0 Å². The monoisotopic (exact) mass is 429 g/mol. The third-order valence-electron chi connectivity index (χ3n) is 5.90. The lowest BCUT2D eigenvalue weighted by Crippen LogP contribution is -2.53. The summed E-state index contributed by atoms with van der Waals surface area (Å²) in [4.78, 5) is 44.6. The molecule has 1 N–H and O–H groups in total. The van der Waals surface area contributed by atoms with Crippen molar-refractivity contribution < 1.29 is 14.4 Å². The molecular weight excluding hydrogens is 402 g/mol. The zero-order valence-corrected chi connectivity index (χ0v) is 18.7. The predicted molar refractivity (Wildman–Crippen MR) is 117 cm³/mol. The van der Waals surface area contributed by atoms with Crippen LogP contribution in [0.1, 0.15) is 51.5 Å². The average molecular weight is 430 g/mol. The molecule has 1 aromatic carbocycles. The number of benzene rings is 1. The molecule has 6 nitrogen and oxygen atoms in total. The minimum atomic E-state index is -0.324. The lowest BCUT2D eigenvalue weighted by atomic mass is 10.0. The quantitative estimate of drug-likeness (QED) is 0.714. The highest BCUT2D eigenvalue weighted by molar-refractivity contribution is 6.30. The van der Waals surface area contributed by atoms with Crippen molar-refractivity contribution in [2.24, 2.45) is 0 Å². The van der Waals surface area contributed by atoms with Crippen molar-refractivity contribution >= 4 is 29.1 Å². The fourth-order valence-corrected chi connectivity index (χ4v) is 4.27. The smallest absolute Gasteiger partial charge is 0.227 e. The molecule has 1 saturated heterocycles. The van der Waals surface area contributed by atoms with Crippen LogP contribution in [-0.2, 0) is 11.2 Å². The highest BCUT2D eigenvalue weighted by atomic mass is 35.5. The van der Waals surface area contributed by atoms with Crippen LogP contribution in [-0.4, -0.2) is 64.5 Å². The number of aromatic nitrogens is 1. The van der Waals surface area contributed by atoms with Crippen molar-refractivity contribution in [1.82, 2.24) is 14.8 Å². The van der Waals surface area contributed by atoms with E-state index >= 15 is 0 Å². The number of halogens is 1. The van der Waals surface area contributed by atoms with E-state index < -0.39 is 0 Å². The molecule has 3 rings (SSSR count). The summed E-state index contributed by atoms with van der Waals surface area (Å²) in [5.74, 6) is 0.0164. The molecule has 160 valence electrons. The van der Waals surface area contributed by atoms with Gasteiger partial charge in [0.15, 0.2) is 11.6 Å². The Balaban J connectivity index is 1.60. The zero-order chi connectivity index (χ0) is 22.0. The fraction of sp³-hybridized carbons (Fsp3) is 0.435. The number of hydrogen-bond donors (Lipinski definition) is 1. The third kappa shape index (κ3) is 4.65. The Morgan fingerprint density at radius 1 is 1.07 bits per heavy atom. The maximum absolute atomic E-state index is 13.1. The van der Waals surface area contributed by atoms with E-state index in [0.29, 0.717) is 54.4 Å². The minimum Gasteiger partial charge on any atom is -0.355 e. The number of amides is 1. The lowest BCUT2D eigenvalue weighted by Gasteiger charge is -2.37. The molecule has 0 bridgehead atoms. The number of nitrogens with one attached hydrogen (secondary N) is 1. The van der Waals surface area contributed by atoms with E-state index in [9.17, 15) is 14.4 Å². The Bertz CT molecular complexity index is 957. The molecule has 7 heteroatoms. The van der Waals surface area contributed by atoms with E-state index in [0.717, 1.165) is 11.3 Å². The molecule has 2 aromatic rings. The van der Waals surface area contributed by atoms with Gasteiger partial charge in [0.05, 0.1) is 18.2 Å². The molecule has 1 unspecified atom stereocenters. The number of piperazine rings is 1. The molecule has 1 aliphatic rings. The van der Waals surface area contributed by atoms with Gasteiger partial charge in [0.2, 0.25) is 5.91 Å². The largest absolute Gasteiger partial charge is 0.355 e. The van der Waals surface area contributed by atoms with Gasteiger partial charge in [-0.2, -0.15) is 0 Å². The number of ketones is 2. The summed E-state index contributed by atoms with van der Waals surface area (Å²) in [5.41, 5.74) is 3.49. The van der Waals surface area contributed by atoms with Crippen molar-refractivity contribution in [1.29, 1.82) is 0 Å². The number of carbonyl (C=O) groups excluding carboxylic acids is 3. The molecule has 1 aliphatic heterocycles. The van der Waals surface area contributed by atoms with Crippen LogP contribution < -0.4 is 0 Å². The predicted octanol–water partition coefficient (Wildman–Crippen LogP) is 3.45. The Labute approximate surface area is 182 Å². The first-order chi connectivity index (χ1) is 14.2. The van der Waals surface area contributed by atoms with Gasteiger partial charge in [0.1, 0.15) is 0 Å². The Morgan fingerprint density at radius 3 is 2.20 bits per heavy atom. The molecular formula is C23H28ClN3O3. The van der Waals surface area contributed by atoms with Gasteiger partial charge < -0.3 is 9.88 Å². The maximum Gasteiger partial charge on any atom is 0.227 e. The minimum absolute atomic E-state index is 0.0240. The number of nitrogens with zero attached hydrogens (tertiary/aromatic N) is 2. The maximum atomic E-state index is 13.1. The third-order valence-corrected chi connectivity index (χ3v) is 6.15. The molecule has 0 spiro atoms.